The topological polar surface area (TPSA) is 59.6 Å². The van der Waals surface area contributed by atoms with Gasteiger partial charge in [0.25, 0.3) is 5.91 Å². The van der Waals surface area contributed by atoms with E-state index in [4.69, 9.17) is 12.2 Å². The summed E-state index contributed by atoms with van der Waals surface area (Å²) in [6.45, 7) is -0.00791. The number of methoxy groups -OCH3 is 2. The van der Waals surface area contributed by atoms with Crippen LogP contribution in [0.3, 0.4) is 0 Å². The average Bonchev–Trinajstić information content (AvgIpc) is 2.68. The first kappa shape index (κ1) is 14.8. The largest absolute Gasteiger partial charge is 0.497 e. The highest BCUT2D eigenvalue weighted by Crippen LogP contribution is 2.20. The fourth-order valence-electron chi connectivity index (χ4n) is 2.91. The number of rotatable bonds is 2. The van der Waals surface area contributed by atoms with Crippen LogP contribution in [-0.4, -0.2) is 33.2 Å². The van der Waals surface area contributed by atoms with Gasteiger partial charge in [0.2, 0.25) is 0 Å². The lowest BCUT2D eigenvalue weighted by Crippen LogP contribution is -2.31. The van der Waals surface area contributed by atoms with Gasteiger partial charge in [-0.3, -0.25) is 4.79 Å². The summed E-state index contributed by atoms with van der Waals surface area (Å²) in [4.78, 5) is 11.3. The highest BCUT2D eigenvalue weighted by molar-refractivity contribution is 5.96. The Labute approximate surface area is 151 Å². The van der Waals surface area contributed by atoms with Gasteiger partial charge >= 0.3 is 0 Å². The Kier molecular flexibility index (Phi) is 4.75. The maximum Gasteiger partial charge on any atom is 0.251 e. The standard InChI is InChI=1S/C10H11NO2.C10H13NO/c1-13-8-2-3-9-7(6-8)4-5-11-10(9)12;1-12-10-3-2-9-7-11-5-4-8(9)6-10/h2-3,6H,4-5H2,1H3,(H,11,12);2-3,6,11H,4-5,7H2,1H3/i;7D2. The van der Waals surface area contributed by atoms with Crippen LogP contribution in [0, 0.1) is 0 Å². The Morgan fingerprint density at radius 2 is 1.60 bits per heavy atom. The summed E-state index contributed by atoms with van der Waals surface area (Å²) in [5, 5.41) is 5.64. The first-order valence-corrected chi connectivity index (χ1v) is 8.32. The van der Waals surface area contributed by atoms with E-state index < -0.39 is 6.50 Å². The smallest absolute Gasteiger partial charge is 0.251 e. The van der Waals surface area contributed by atoms with Gasteiger partial charge in [-0.05, 0) is 66.4 Å². The number of hydrogen-bond donors (Lipinski definition) is 2. The van der Waals surface area contributed by atoms with Crippen LogP contribution >= 0.6 is 0 Å². The Bertz CT molecular complexity index is 840. The minimum Gasteiger partial charge on any atom is -0.497 e. The molecule has 0 saturated heterocycles. The quantitative estimate of drug-likeness (QED) is 0.879. The molecule has 0 fully saturated rings. The van der Waals surface area contributed by atoms with E-state index in [9.17, 15) is 4.79 Å². The number of hydrogen-bond acceptors (Lipinski definition) is 4. The lowest BCUT2D eigenvalue weighted by atomic mass is 10.0. The highest BCUT2D eigenvalue weighted by atomic mass is 16.5. The number of ether oxygens (including phenoxy) is 2. The van der Waals surface area contributed by atoms with Gasteiger partial charge in [-0.1, -0.05) is 6.07 Å². The molecule has 25 heavy (non-hydrogen) atoms. The zero-order chi connectivity index (χ0) is 19.4. The molecule has 2 N–H and O–H groups in total. The molecular formula is C20H24N2O3. The van der Waals surface area contributed by atoms with Crippen LogP contribution in [0.1, 0.15) is 29.8 Å². The van der Waals surface area contributed by atoms with Crippen molar-refractivity contribution in [2.75, 3.05) is 27.3 Å². The first-order valence-electron chi connectivity index (χ1n) is 9.32. The molecule has 0 bridgehead atoms. The molecule has 132 valence electrons. The minimum atomic E-state index is -1.40. The second-order valence-electron chi connectivity index (χ2n) is 5.85. The molecule has 4 rings (SSSR count). The predicted molar refractivity (Wildman–Crippen MR) is 97.4 cm³/mol. The molecule has 5 nitrogen and oxygen atoms in total. The van der Waals surface area contributed by atoms with Gasteiger partial charge in [0.1, 0.15) is 11.5 Å². The van der Waals surface area contributed by atoms with Crippen LogP contribution in [0.4, 0.5) is 0 Å². The summed E-state index contributed by atoms with van der Waals surface area (Å²) in [7, 11) is 3.25. The Balaban J connectivity index is 0.000000156. The third kappa shape index (κ3) is 4.12. The number of carbonyl (C=O) groups excluding carboxylic acids is 1. The average molecular weight is 342 g/mol. The van der Waals surface area contributed by atoms with Crippen LogP contribution in [0.5, 0.6) is 11.5 Å². The van der Waals surface area contributed by atoms with E-state index in [-0.39, 0.29) is 5.91 Å². The summed E-state index contributed by atoms with van der Waals surface area (Å²) < 4.78 is 25.7. The zero-order valence-corrected chi connectivity index (χ0v) is 14.5. The monoisotopic (exact) mass is 342 g/mol. The summed E-state index contributed by atoms with van der Waals surface area (Å²) in [6, 6.07) is 11.0. The van der Waals surface area contributed by atoms with E-state index in [1.165, 1.54) is 0 Å². The number of fused-ring (bicyclic) bond motifs is 2. The van der Waals surface area contributed by atoms with Gasteiger partial charge < -0.3 is 20.1 Å². The second kappa shape index (κ2) is 8.03. The van der Waals surface area contributed by atoms with Gasteiger partial charge in [0.15, 0.2) is 0 Å². The van der Waals surface area contributed by atoms with Crippen molar-refractivity contribution < 1.29 is 17.0 Å². The lowest BCUT2D eigenvalue weighted by Gasteiger charge is -2.17. The molecule has 0 unspecified atom stereocenters. The fourth-order valence-corrected chi connectivity index (χ4v) is 2.91. The molecule has 2 aromatic carbocycles. The number of nitrogens with one attached hydrogen (secondary N) is 2. The normalized spacial score (nSPS) is 18.2. The molecule has 0 radical (unpaired) electrons. The van der Waals surface area contributed by atoms with Gasteiger partial charge in [-0.15, -0.1) is 0 Å². The Morgan fingerprint density at radius 1 is 0.920 bits per heavy atom. The van der Waals surface area contributed by atoms with Crippen molar-refractivity contribution in [3.05, 3.63) is 58.7 Å². The molecule has 0 atom stereocenters. The molecule has 0 aromatic heterocycles. The molecule has 0 saturated carbocycles. The van der Waals surface area contributed by atoms with E-state index >= 15 is 0 Å². The number of carbonyl (C=O) groups is 1. The van der Waals surface area contributed by atoms with Crippen molar-refractivity contribution in [3.8, 4) is 11.5 Å². The molecular weight excluding hydrogens is 316 g/mol. The maximum absolute atomic E-state index is 11.3. The Hall–Kier alpha value is -2.53. The molecule has 2 aliphatic heterocycles. The molecule has 0 spiro atoms. The van der Waals surface area contributed by atoms with Crippen LogP contribution < -0.4 is 20.1 Å². The zero-order valence-electron chi connectivity index (χ0n) is 16.5. The van der Waals surface area contributed by atoms with Crippen molar-refractivity contribution in [1.29, 1.82) is 0 Å². The minimum absolute atomic E-state index is 0.0175. The van der Waals surface area contributed by atoms with Crippen molar-refractivity contribution in [2.24, 2.45) is 0 Å². The second-order valence-corrected chi connectivity index (χ2v) is 5.85. The van der Waals surface area contributed by atoms with Gasteiger partial charge in [-0.2, -0.15) is 0 Å². The van der Waals surface area contributed by atoms with E-state index in [2.05, 4.69) is 10.6 Å². The van der Waals surface area contributed by atoms with Crippen molar-refractivity contribution in [2.45, 2.75) is 19.3 Å². The molecule has 0 aliphatic carbocycles. The third-order valence-corrected chi connectivity index (χ3v) is 4.29. The molecule has 2 aromatic rings. The first-order chi connectivity index (χ1) is 12.9. The fraction of sp³-hybridized carbons (Fsp3) is 0.350. The summed E-state index contributed by atoms with van der Waals surface area (Å²) in [5.74, 6) is 1.62. The van der Waals surface area contributed by atoms with Crippen LogP contribution in [0.25, 0.3) is 0 Å². The van der Waals surface area contributed by atoms with Gasteiger partial charge in [0, 0.05) is 21.3 Å². The predicted octanol–water partition coefficient (Wildman–Crippen LogP) is 2.32. The highest BCUT2D eigenvalue weighted by Gasteiger charge is 2.16. The maximum atomic E-state index is 11.3. The van der Waals surface area contributed by atoms with E-state index in [1.807, 2.05) is 24.3 Å². The van der Waals surface area contributed by atoms with Crippen LogP contribution in [0.15, 0.2) is 36.4 Å². The molecule has 5 heteroatoms. The summed E-state index contributed by atoms with van der Waals surface area (Å²) in [6.07, 6.45) is 1.74. The van der Waals surface area contributed by atoms with E-state index in [0.29, 0.717) is 6.54 Å². The van der Waals surface area contributed by atoms with Gasteiger partial charge in [-0.25, -0.2) is 0 Å². The third-order valence-electron chi connectivity index (χ3n) is 4.29. The van der Waals surface area contributed by atoms with Crippen LogP contribution in [-0.2, 0) is 19.3 Å². The van der Waals surface area contributed by atoms with E-state index in [1.54, 1.807) is 26.4 Å². The van der Waals surface area contributed by atoms with Crippen molar-refractivity contribution >= 4 is 5.91 Å². The molecule has 2 heterocycles. The lowest BCUT2D eigenvalue weighted by molar-refractivity contribution is 0.0946. The Morgan fingerprint density at radius 3 is 2.36 bits per heavy atom. The number of amides is 1. The summed E-state index contributed by atoms with van der Waals surface area (Å²) in [5.41, 5.74) is 3.60. The molecule has 1 amide bonds. The van der Waals surface area contributed by atoms with Crippen molar-refractivity contribution in [3.63, 3.8) is 0 Å². The summed E-state index contributed by atoms with van der Waals surface area (Å²) >= 11 is 0. The van der Waals surface area contributed by atoms with E-state index in [0.717, 1.165) is 53.1 Å². The van der Waals surface area contributed by atoms with Crippen LogP contribution in [0.2, 0.25) is 0 Å². The van der Waals surface area contributed by atoms with Crippen molar-refractivity contribution in [1.82, 2.24) is 10.6 Å². The molecule has 2 aliphatic rings. The number of benzene rings is 2. The van der Waals surface area contributed by atoms with Gasteiger partial charge in [0.05, 0.1) is 14.2 Å². The SMILES string of the molecule is COc1ccc2c(c1)CCNC2=O.[2H]C1([2H])NCCc2cc(OC)ccc21.